The average molecular weight is 290 g/mol. The van der Waals surface area contributed by atoms with E-state index in [-0.39, 0.29) is 6.10 Å². The quantitative estimate of drug-likeness (QED) is 0.940. The van der Waals surface area contributed by atoms with Crippen LogP contribution in [0.5, 0.6) is 11.5 Å². The first-order valence-electron chi connectivity index (χ1n) is 6.88. The predicted molar refractivity (Wildman–Crippen MR) is 79.3 cm³/mol. The van der Waals surface area contributed by atoms with Crippen molar-refractivity contribution in [2.45, 2.75) is 32.4 Å². The number of aromatic nitrogens is 1. The highest BCUT2D eigenvalue weighted by atomic mass is 32.1. The molecule has 0 fully saturated rings. The van der Waals surface area contributed by atoms with Gasteiger partial charge in [-0.3, -0.25) is 0 Å². The summed E-state index contributed by atoms with van der Waals surface area (Å²) in [6, 6.07) is 7.73. The lowest BCUT2D eigenvalue weighted by Crippen LogP contribution is -2.21. The molecule has 5 heteroatoms. The molecule has 0 saturated carbocycles. The van der Waals surface area contributed by atoms with Crippen LogP contribution in [0.2, 0.25) is 0 Å². The Bertz CT molecular complexity index is 597. The highest BCUT2D eigenvalue weighted by Gasteiger charge is 2.26. The zero-order valence-electron chi connectivity index (χ0n) is 11.5. The van der Waals surface area contributed by atoms with Crippen LogP contribution in [0.15, 0.2) is 24.3 Å². The van der Waals surface area contributed by atoms with Crippen LogP contribution < -0.4 is 15.2 Å². The van der Waals surface area contributed by atoms with Crippen LogP contribution >= 0.6 is 11.3 Å². The molecule has 1 unspecified atom stereocenters. The van der Waals surface area contributed by atoms with Crippen LogP contribution in [0.3, 0.4) is 0 Å². The third kappa shape index (κ3) is 2.51. The number of thiazole rings is 1. The molecule has 106 valence electrons. The summed E-state index contributed by atoms with van der Waals surface area (Å²) in [6.45, 7) is 3.19. The Morgan fingerprint density at radius 1 is 1.35 bits per heavy atom. The summed E-state index contributed by atoms with van der Waals surface area (Å²) >= 11 is 1.64. The number of nitrogens with zero attached hydrogens (tertiary/aromatic N) is 1. The van der Waals surface area contributed by atoms with Gasteiger partial charge in [0.25, 0.3) is 0 Å². The molecule has 0 radical (unpaired) electrons. The van der Waals surface area contributed by atoms with Gasteiger partial charge in [-0.1, -0.05) is 25.5 Å². The minimum Gasteiger partial charge on any atom is -0.485 e. The fourth-order valence-corrected chi connectivity index (χ4v) is 3.28. The Morgan fingerprint density at radius 3 is 2.90 bits per heavy atom. The smallest absolute Gasteiger partial charge is 0.184 e. The molecule has 1 aliphatic heterocycles. The summed E-state index contributed by atoms with van der Waals surface area (Å²) in [5, 5.41) is 0.961. The predicted octanol–water partition coefficient (Wildman–Crippen LogP) is 3.07. The maximum absolute atomic E-state index is 5.99. The van der Waals surface area contributed by atoms with E-state index in [1.165, 1.54) is 0 Å². The molecule has 0 amide bonds. The fourth-order valence-electron chi connectivity index (χ4n) is 2.27. The van der Waals surface area contributed by atoms with Crippen LogP contribution in [-0.2, 0) is 13.0 Å². The van der Waals surface area contributed by atoms with Crippen molar-refractivity contribution in [3.63, 3.8) is 0 Å². The summed E-state index contributed by atoms with van der Waals surface area (Å²) in [4.78, 5) is 5.86. The van der Waals surface area contributed by atoms with Crippen molar-refractivity contribution in [1.29, 1.82) is 0 Å². The van der Waals surface area contributed by atoms with Crippen molar-refractivity contribution in [3.05, 3.63) is 39.8 Å². The van der Waals surface area contributed by atoms with Crippen molar-refractivity contribution in [1.82, 2.24) is 4.98 Å². The maximum Gasteiger partial charge on any atom is 0.184 e. The lowest BCUT2D eigenvalue weighted by molar-refractivity contribution is 0.0910. The molecule has 1 aliphatic rings. The van der Waals surface area contributed by atoms with Gasteiger partial charge in [-0.25, -0.2) is 4.98 Å². The summed E-state index contributed by atoms with van der Waals surface area (Å²) in [7, 11) is 0. The number of nitrogens with two attached hydrogens (primary N) is 1. The second-order valence-electron chi connectivity index (χ2n) is 4.74. The van der Waals surface area contributed by atoms with E-state index in [9.17, 15) is 0 Å². The molecule has 2 N–H and O–H groups in total. The third-order valence-electron chi connectivity index (χ3n) is 3.25. The van der Waals surface area contributed by atoms with Gasteiger partial charge in [0.2, 0.25) is 0 Å². The van der Waals surface area contributed by atoms with Crippen LogP contribution in [-0.4, -0.2) is 11.6 Å². The number of hydrogen-bond acceptors (Lipinski definition) is 5. The molecule has 20 heavy (non-hydrogen) atoms. The minimum absolute atomic E-state index is 0.134. The first-order valence-corrected chi connectivity index (χ1v) is 7.70. The topological polar surface area (TPSA) is 57.4 Å². The molecular formula is C15H18N2O2S. The summed E-state index contributed by atoms with van der Waals surface area (Å²) in [6.07, 6.45) is 1.90. The van der Waals surface area contributed by atoms with Crippen molar-refractivity contribution >= 4 is 11.3 Å². The molecule has 1 atom stereocenters. The molecule has 1 aromatic carbocycles. The third-order valence-corrected chi connectivity index (χ3v) is 4.46. The van der Waals surface area contributed by atoms with Gasteiger partial charge in [0.1, 0.15) is 11.6 Å². The average Bonchev–Trinajstić information content (AvgIpc) is 2.90. The Labute approximate surface area is 122 Å². The molecule has 3 rings (SSSR count). The first-order chi connectivity index (χ1) is 9.81. The number of ether oxygens (including phenoxy) is 2. The Balaban J connectivity index is 1.84. The van der Waals surface area contributed by atoms with E-state index in [4.69, 9.17) is 20.2 Å². The summed E-state index contributed by atoms with van der Waals surface area (Å²) in [5.74, 6) is 1.58. The highest BCUT2D eigenvalue weighted by Crippen LogP contribution is 2.37. The molecule has 4 nitrogen and oxygen atoms in total. The highest BCUT2D eigenvalue weighted by molar-refractivity contribution is 7.11. The number of rotatable bonds is 4. The van der Waals surface area contributed by atoms with E-state index in [0.717, 1.165) is 39.9 Å². The van der Waals surface area contributed by atoms with Gasteiger partial charge in [-0.05, 0) is 18.6 Å². The van der Waals surface area contributed by atoms with Crippen LogP contribution in [0.4, 0.5) is 0 Å². The molecule has 1 aromatic heterocycles. The number of hydrogen-bond donors (Lipinski definition) is 1. The number of fused-ring (bicyclic) bond motifs is 1. The van der Waals surface area contributed by atoms with E-state index in [1.54, 1.807) is 11.3 Å². The lowest BCUT2D eigenvalue weighted by atomic mass is 10.2. The van der Waals surface area contributed by atoms with Gasteiger partial charge in [-0.15, -0.1) is 11.3 Å². The van der Waals surface area contributed by atoms with Crippen LogP contribution in [0, 0.1) is 0 Å². The number of aryl methyl sites for hydroxylation is 1. The van der Waals surface area contributed by atoms with E-state index in [1.807, 2.05) is 24.3 Å². The number of benzene rings is 1. The second kappa shape index (κ2) is 5.81. The maximum atomic E-state index is 5.99. The van der Waals surface area contributed by atoms with Gasteiger partial charge in [-0.2, -0.15) is 0 Å². The zero-order valence-corrected chi connectivity index (χ0v) is 12.3. The van der Waals surface area contributed by atoms with Crippen molar-refractivity contribution in [2.75, 3.05) is 6.61 Å². The zero-order chi connectivity index (χ0) is 13.9. The van der Waals surface area contributed by atoms with E-state index in [2.05, 4.69) is 6.92 Å². The van der Waals surface area contributed by atoms with Crippen molar-refractivity contribution < 1.29 is 9.47 Å². The van der Waals surface area contributed by atoms with Gasteiger partial charge in [0, 0.05) is 11.4 Å². The normalized spacial score (nSPS) is 17.2. The standard InChI is InChI=1S/C15H18N2O2S/c1-2-5-10-14(8-16)20-15(17-10)13-9-18-11-6-3-4-7-12(11)19-13/h3-4,6-7,13H,2,5,8-9,16H2,1H3. The van der Waals surface area contributed by atoms with Crippen molar-refractivity contribution in [2.24, 2.45) is 5.73 Å². The Hall–Kier alpha value is -1.59. The minimum atomic E-state index is -0.134. The van der Waals surface area contributed by atoms with Gasteiger partial charge in [0.05, 0.1) is 5.69 Å². The van der Waals surface area contributed by atoms with E-state index < -0.39 is 0 Å². The monoisotopic (exact) mass is 290 g/mol. The lowest BCUT2D eigenvalue weighted by Gasteiger charge is -2.24. The van der Waals surface area contributed by atoms with E-state index in [0.29, 0.717) is 13.2 Å². The fraction of sp³-hybridized carbons (Fsp3) is 0.400. The van der Waals surface area contributed by atoms with Crippen LogP contribution in [0.25, 0.3) is 0 Å². The largest absolute Gasteiger partial charge is 0.485 e. The van der Waals surface area contributed by atoms with Gasteiger partial charge in [0.15, 0.2) is 17.6 Å². The van der Waals surface area contributed by atoms with Gasteiger partial charge >= 0.3 is 0 Å². The molecule has 0 spiro atoms. The molecule has 0 bridgehead atoms. The first kappa shape index (κ1) is 13.4. The molecule has 0 aliphatic carbocycles. The van der Waals surface area contributed by atoms with Crippen molar-refractivity contribution in [3.8, 4) is 11.5 Å². The molecule has 2 heterocycles. The second-order valence-corrected chi connectivity index (χ2v) is 5.86. The summed E-state index contributed by atoms with van der Waals surface area (Å²) < 4.78 is 11.7. The summed E-state index contributed by atoms with van der Waals surface area (Å²) in [5.41, 5.74) is 6.91. The Morgan fingerprint density at radius 2 is 2.15 bits per heavy atom. The molecular weight excluding hydrogens is 272 g/mol. The number of para-hydroxylation sites is 2. The SMILES string of the molecule is CCCc1nc(C2COc3ccccc3O2)sc1CN. The molecule has 0 saturated heterocycles. The van der Waals surface area contributed by atoms with Gasteiger partial charge < -0.3 is 15.2 Å². The van der Waals surface area contributed by atoms with Crippen LogP contribution in [0.1, 0.15) is 35.0 Å². The molecule has 2 aromatic rings. The van der Waals surface area contributed by atoms with E-state index >= 15 is 0 Å². The Kier molecular flexibility index (Phi) is 3.89.